The van der Waals surface area contributed by atoms with Crippen molar-refractivity contribution in [2.75, 3.05) is 124 Å². The highest BCUT2D eigenvalue weighted by atomic mass is 32.2. The molecule has 1 atom stereocenters. The molecule has 0 aliphatic heterocycles. The minimum Gasteiger partial charge on any atom is -0.469 e. The lowest BCUT2D eigenvalue weighted by atomic mass is 9.83. The minimum absolute atomic E-state index is 0.0726. The van der Waals surface area contributed by atoms with Crippen molar-refractivity contribution in [1.29, 1.82) is 0 Å². The number of esters is 1. The van der Waals surface area contributed by atoms with Crippen LogP contribution < -0.4 is 76.7 Å². The third-order valence-electron chi connectivity index (χ3n) is 22.2. The van der Waals surface area contributed by atoms with Crippen LogP contribution in [0, 0.1) is 53.9 Å². The highest BCUT2D eigenvalue weighted by molar-refractivity contribution is 7.99. The Bertz CT molecular complexity index is 7060. The monoisotopic (exact) mass is 2080 g/mol. The molecule has 3 heterocycles. The summed E-state index contributed by atoms with van der Waals surface area (Å²) in [5, 5.41) is 21.5. The lowest BCUT2D eigenvalue weighted by Crippen LogP contribution is -2.52. The SMILES string of the molecule is CC(=O)Nc1ccc(-n2c(=O)n(-c3ccc(NC(C)=O)c(C)c3)c(=O)n(-c3ccc(NC(=O)OCc4ccc5c(c4)C(=O)c4ccccc4C5=O)c(C)c3)c2=O)cc1C.CC(=O)Nc1ccc(-n2c(=O)n(-c3ccc(NC(C)=O)c(C)c3)c(=O)n(-c3ccc(NC(C)=O)c(C)c3)c2=O)cc1C.CC(=O)Nc1ccc(NC(C)=O)c(C)c1.COCC(CSCC(C)(C)C(=O)OC)OC.COCCOC.COCc1cccc(COC)n1. The van der Waals surface area contributed by atoms with Gasteiger partial charge in [-0.15, -0.1) is 0 Å². The molecule has 1 unspecified atom stereocenters. The summed E-state index contributed by atoms with van der Waals surface area (Å²) >= 11 is 1.67. The molecule has 9 aromatic carbocycles. The molecule has 0 fully saturated rings. The van der Waals surface area contributed by atoms with E-state index < -0.39 is 45.6 Å². The summed E-state index contributed by atoms with van der Waals surface area (Å²) < 4.78 is 44.8. The van der Waals surface area contributed by atoms with Gasteiger partial charge in [0.2, 0.25) is 41.4 Å². The quantitative estimate of drug-likeness (QED) is 0.0148. The number of methoxy groups -OCH3 is 7. The normalized spacial score (nSPS) is 11.2. The lowest BCUT2D eigenvalue weighted by molar-refractivity contribution is -0.149. The predicted octanol–water partition coefficient (Wildman–Crippen LogP) is 13.6. The van der Waals surface area contributed by atoms with Crippen molar-refractivity contribution in [2.24, 2.45) is 5.41 Å². The Morgan fingerprint density at radius 3 is 0.907 bits per heavy atom. The zero-order valence-corrected chi connectivity index (χ0v) is 88.7. The number of anilines is 8. The van der Waals surface area contributed by atoms with Crippen molar-refractivity contribution in [3.63, 3.8) is 0 Å². The second-order valence-corrected chi connectivity index (χ2v) is 36.0. The first-order chi connectivity index (χ1) is 71.1. The zero-order chi connectivity index (χ0) is 111. The van der Waals surface area contributed by atoms with Crippen molar-refractivity contribution in [3.05, 3.63) is 329 Å². The van der Waals surface area contributed by atoms with Gasteiger partial charge in [-0.3, -0.25) is 58.2 Å². The number of aryl methyl sites for hydroxylation is 7. The van der Waals surface area contributed by atoms with Crippen LogP contribution in [0.4, 0.5) is 50.3 Å². The van der Waals surface area contributed by atoms with Crippen LogP contribution >= 0.6 is 11.8 Å². The number of hydrogen-bond donors (Lipinski definition) is 8. The number of pyridine rings is 1. The summed E-state index contributed by atoms with van der Waals surface area (Å²) in [6, 6.07) is 49.7. The maximum atomic E-state index is 14.3. The predicted molar refractivity (Wildman–Crippen MR) is 575 cm³/mol. The summed E-state index contributed by atoms with van der Waals surface area (Å²) in [4.78, 5) is 219. The molecule has 8 amide bonds. The van der Waals surface area contributed by atoms with E-state index in [2.05, 4.69) is 57.0 Å². The number of rotatable bonds is 31. The molecule has 40 nitrogen and oxygen atoms in total. The topological polar surface area (TPSA) is 503 Å². The highest BCUT2D eigenvalue weighted by Crippen LogP contribution is 2.32. The molecule has 0 radical (unpaired) electrons. The van der Waals surface area contributed by atoms with Crippen molar-refractivity contribution in [3.8, 4) is 34.1 Å². The number of benzene rings is 9. The largest absolute Gasteiger partial charge is 0.469 e. The Kier molecular flexibility index (Phi) is 44.2. The standard InChI is InChI=1S/C44H36N6O9.C30H30N6O6.C11H14N2O2.C11H22O4S.C9H13NO2.C4H10O2/c1-23-18-29(11-15-36(23)45-26(4)51)48-42(56)49(30-12-16-37(24(2)19-30)46-27(5)52)44(58)50(43(48)57)31-13-17-38(25(3)20-31)47-41(55)59-22-28-10-14-34-35(21-28)40(54)33-9-7-6-8-32(33)39(34)53;1-16-13-22(7-10-25(16)31-19(4)37)34-28(40)35(23-8-11-26(17(2)14-23)32-20(5)38)30(42)36(29(34)41)24-9-12-27(18(3)15-24)33-21(6)39;1-7-6-10(12-8(2)14)4-5-11(7)13-9(3)15;1-11(2,10(12)15-5)8-16-7-9(14-4)6-13-3;1-11-6-8-4-3-5-9(10-8)7-12-2;1-5-3-4-6-2/h6-21H,22H2,1-5H3,(H,45,51)(H,46,52)(H,47,55);7-15H,1-6H3,(H,31,37)(H,32,38)(H,33,39);4-6H,1-3H3,(H,12,14)(H,13,15);9H,6-8H2,1-5H3;3-5H,6-7H2,1-2H3;3-4H2,1-2H3. The van der Waals surface area contributed by atoms with E-state index in [1.165, 1.54) is 128 Å². The molecule has 792 valence electrons. The van der Waals surface area contributed by atoms with Gasteiger partial charge >= 0.3 is 46.2 Å². The van der Waals surface area contributed by atoms with E-state index in [4.69, 9.17) is 28.4 Å². The van der Waals surface area contributed by atoms with Gasteiger partial charge in [-0.05, 0) is 258 Å². The Hall–Kier alpha value is -16.6. The first-order valence-electron chi connectivity index (χ1n) is 46.7. The summed E-state index contributed by atoms with van der Waals surface area (Å²) in [7, 11) is 11.3. The summed E-state index contributed by atoms with van der Waals surface area (Å²) in [5.41, 5.74) is 6.62. The maximum absolute atomic E-state index is 14.3. The number of fused-ring (bicyclic) bond motifs is 2. The smallest absolute Gasteiger partial charge is 0.411 e. The molecule has 0 saturated heterocycles. The van der Waals surface area contributed by atoms with Crippen molar-refractivity contribution in [1.82, 2.24) is 32.4 Å². The van der Waals surface area contributed by atoms with Crippen LogP contribution in [0.15, 0.2) is 217 Å². The van der Waals surface area contributed by atoms with E-state index in [1.807, 2.05) is 45.0 Å². The van der Waals surface area contributed by atoms with Crippen LogP contribution in [0.3, 0.4) is 0 Å². The number of nitrogens with one attached hydrogen (secondary N) is 8. The molecule has 13 rings (SSSR count). The van der Waals surface area contributed by atoms with Crippen LogP contribution in [0.25, 0.3) is 34.1 Å². The third kappa shape index (κ3) is 32.5. The fourth-order valence-corrected chi connectivity index (χ4v) is 16.3. The van der Waals surface area contributed by atoms with E-state index in [-0.39, 0.29) is 123 Å². The fourth-order valence-electron chi connectivity index (χ4n) is 15.0. The number of ether oxygens (including phenoxy) is 8. The number of amides is 8. The van der Waals surface area contributed by atoms with Gasteiger partial charge in [-0.1, -0.05) is 36.4 Å². The molecular weight excluding hydrogens is 1950 g/mol. The summed E-state index contributed by atoms with van der Waals surface area (Å²) in [6.45, 7) is 28.3. The molecule has 1 aliphatic rings. The molecule has 41 heteroatoms. The molecule has 150 heavy (non-hydrogen) atoms. The van der Waals surface area contributed by atoms with Crippen LogP contribution in [-0.4, -0.2) is 185 Å². The van der Waals surface area contributed by atoms with Crippen molar-refractivity contribution >= 4 is 122 Å². The second-order valence-electron chi connectivity index (χ2n) is 35.0. The van der Waals surface area contributed by atoms with Gasteiger partial charge in [0.05, 0.1) is 97.2 Å². The van der Waals surface area contributed by atoms with E-state index in [1.54, 1.807) is 187 Å². The first-order valence-corrected chi connectivity index (χ1v) is 47.9. The molecule has 3 aromatic heterocycles. The van der Waals surface area contributed by atoms with Crippen LogP contribution in [-0.2, 0) is 96.1 Å². The molecule has 0 spiro atoms. The van der Waals surface area contributed by atoms with Gasteiger partial charge in [0.25, 0.3) is 0 Å². The van der Waals surface area contributed by atoms with Gasteiger partial charge < -0.3 is 75.1 Å². The average molecular weight is 2080 g/mol. The summed E-state index contributed by atoms with van der Waals surface area (Å²) in [6.07, 6.45) is -0.765. The Morgan fingerprint density at radius 2 is 0.627 bits per heavy atom. The minimum atomic E-state index is -0.984. The first kappa shape index (κ1) is 119. The highest BCUT2D eigenvalue weighted by Gasteiger charge is 2.32. The van der Waals surface area contributed by atoms with Crippen molar-refractivity contribution in [2.45, 2.75) is 137 Å². The molecule has 0 bridgehead atoms. The number of thioether (sulfide) groups is 1. The number of aromatic nitrogens is 7. The van der Waals surface area contributed by atoms with Crippen LogP contribution in [0.1, 0.15) is 150 Å². The average Bonchev–Trinajstić information content (AvgIpc) is 0.749. The van der Waals surface area contributed by atoms with E-state index in [0.29, 0.717) is 117 Å². The Balaban J connectivity index is 0.000000257. The number of ketones is 2. The van der Waals surface area contributed by atoms with Gasteiger partial charge in [0.15, 0.2) is 11.6 Å². The fraction of sp³-hybridized carbons (Fsp3) is 0.303. The van der Waals surface area contributed by atoms with E-state index >= 15 is 0 Å². The number of carbonyl (C=O) groups is 11. The third-order valence-corrected chi connectivity index (χ3v) is 23.8. The lowest BCUT2D eigenvalue weighted by Gasteiger charge is -2.22. The summed E-state index contributed by atoms with van der Waals surface area (Å²) in [5.74, 6) is -0.915. The Labute approximate surface area is 869 Å². The van der Waals surface area contributed by atoms with Gasteiger partial charge in [0.1, 0.15) is 6.61 Å². The molecule has 0 saturated carbocycles. The zero-order valence-electron chi connectivity index (χ0n) is 87.9. The van der Waals surface area contributed by atoms with Gasteiger partial charge in [-0.25, -0.2) is 61.0 Å². The van der Waals surface area contributed by atoms with E-state index in [9.17, 15) is 81.5 Å². The molecule has 8 N–H and O–H groups in total. The Morgan fingerprint density at radius 1 is 0.327 bits per heavy atom. The van der Waals surface area contributed by atoms with Crippen LogP contribution in [0.2, 0.25) is 0 Å². The van der Waals surface area contributed by atoms with Crippen LogP contribution in [0.5, 0.6) is 0 Å². The number of nitrogens with zero attached hydrogens (tertiary/aromatic N) is 7. The second kappa shape index (κ2) is 55.8. The van der Waals surface area contributed by atoms with Gasteiger partial charge in [-0.2, -0.15) is 11.8 Å². The van der Waals surface area contributed by atoms with E-state index in [0.717, 1.165) is 61.5 Å². The number of hydrogen-bond acceptors (Lipinski definition) is 27. The van der Waals surface area contributed by atoms with Crippen molar-refractivity contribution < 1.29 is 90.6 Å². The maximum Gasteiger partial charge on any atom is 0.411 e. The molecular formula is C109H125N15O25S. The molecule has 12 aromatic rings. The number of carbonyl (C=O) groups excluding carboxylic acids is 11. The molecule has 1 aliphatic carbocycles. The van der Waals surface area contributed by atoms with Gasteiger partial charge in [0, 0.05) is 170 Å².